The van der Waals surface area contributed by atoms with Gasteiger partial charge in [0.1, 0.15) is 12.4 Å². The lowest BCUT2D eigenvalue weighted by atomic mass is 10.2. The Hall–Kier alpha value is -2.80. The second kappa shape index (κ2) is 6.06. The summed E-state index contributed by atoms with van der Waals surface area (Å²) < 4.78 is 1.12. The van der Waals surface area contributed by atoms with E-state index in [0.717, 1.165) is 4.57 Å². The zero-order valence-corrected chi connectivity index (χ0v) is 9.37. The molecule has 0 aliphatic carbocycles. The van der Waals surface area contributed by atoms with Crippen LogP contribution in [0.2, 0.25) is 0 Å². The molecule has 7 heteroatoms. The van der Waals surface area contributed by atoms with E-state index in [0.29, 0.717) is 0 Å². The topological polar surface area (TPSA) is 90.1 Å². The third-order valence-corrected chi connectivity index (χ3v) is 2.13. The number of imidazole rings is 1. The first-order chi connectivity index (χ1) is 8.61. The summed E-state index contributed by atoms with van der Waals surface area (Å²) in [7, 11) is 0. The summed E-state index contributed by atoms with van der Waals surface area (Å²) in [5.74, 6) is 3.61. The van der Waals surface area contributed by atoms with Gasteiger partial charge in [0.25, 0.3) is 5.91 Å². The average molecular weight is 246 g/mol. The predicted octanol–water partition coefficient (Wildman–Crippen LogP) is 0.105. The number of nitro groups is 1. The first-order valence-electron chi connectivity index (χ1n) is 4.93. The van der Waals surface area contributed by atoms with Gasteiger partial charge in [0.2, 0.25) is 0 Å². The quantitative estimate of drug-likeness (QED) is 0.453. The molecule has 1 aromatic heterocycles. The van der Waals surface area contributed by atoms with Crippen LogP contribution in [0.1, 0.15) is 12.5 Å². The van der Waals surface area contributed by atoms with Crippen LogP contribution in [0.25, 0.3) is 0 Å². The van der Waals surface area contributed by atoms with Crippen molar-refractivity contribution in [3.63, 3.8) is 0 Å². The molecule has 7 nitrogen and oxygen atoms in total. The molecule has 0 saturated carbocycles. The van der Waals surface area contributed by atoms with Crippen molar-refractivity contribution in [3.8, 4) is 24.7 Å². The molecule has 1 unspecified atom stereocenters. The maximum atomic E-state index is 11.8. The Balaban J connectivity index is 3.02. The van der Waals surface area contributed by atoms with Gasteiger partial charge in [-0.1, -0.05) is 10.9 Å². The lowest BCUT2D eigenvalue weighted by Crippen LogP contribution is -2.32. The molecule has 0 radical (unpaired) electrons. The number of aromatic nitrogens is 2. The molecule has 0 spiro atoms. The zero-order valence-electron chi connectivity index (χ0n) is 9.37. The van der Waals surface area contributed by atoms with Crippen molar-refractivity contribution >= 4 is 11.9 Å². The Morgan fingerprint density at radius 2 is 2.33 bits per heavy atom. The summed E-state index contributed by atoms with van der Waals surface area (Å²) in [5, 5.41) is 13.2. The Labute approximate surface area is 103 Å². The number of nitrogens with zero attached hydrogens (tertiary/aromatic N) is 3. The summed E-state index contributed by atoms with van der Waals surface area (Å²) >= 11 is 0. The molecule has 1 N–H and O–H groups in total. The highest BCUT2D eigenvalue weighted by Crippen LogP contribution is 2.18. The standard InChI is InChI=1S/C11H10N4O3/c1-3-5-9(10(16)12-6-4-2)14-8-7-13-11(14)15(17)18/h1-2,7-9H,5-6H2,(H,12,16). The number of hydrogen-bond acceptors (Lipinski definition) is 4. The summed E-state index contributed by atoms with van der Waals surface area (Å²) in [4.78, 5) is 25.4. The Morgan fingerprint density at radius 1 is 1.61 bits per heavy atom. The third-order valence-electron chi connectivity index (χ3n) is 2.13. The van der Waals surface area contributed by atoms with Crippen molar-refractivity contribution in [1.29, 1.82) is 0 Å². The number of rotatable bonds is 5. The molecule has 0 fully saturated rings. The second-order valence-electron chi connectivity index (χ2n) is 3.24. The maximum Gasteiger partial charge on any atom is 0.435 e. The molecule has 1 heterocycles. The number of carbonyl (C=O) groups excluding carboxylic acids is 1. The lowest BCUT2D eigenvalue weighted by molar-refractivity contribution is -0.397. The minimum Gasteiger partial charge on any atom is -0.390 e. The van der Waals surface area contributed by atoms with Gasteiger partial charge in [-0.25, -0.2) is 4.57 Å². The van der Waals surface area contributed by atoms with Gasteiger partial charge in [-0.2, -0.15) is 0 Å². The number of carbonyl (C=O) groups is 1. The van der Waals surface area contributed by atoms with Gasteiger partial charge in [-0.15, -0.1) is 18.8 Å². The van der Waals surface area contributed by atoms with E-state index in [-0.39, 0.29) is 13.0 Å². The summed E-state index contributed by atoms with van der Waals surface area (Å²) in [6.07, 6.45) is 12.7. The van der Waals surface area contributed by atoms with Crippen LogP contribution in [0.15, 0.2) is 12.4 Å². The van der Waals surface area contributed by atoms with Gasteiger partial charge in [-0.05, 0) is 4.92 Å². The van der Waals surface area contributed by atoms with Crippen LogP contribution in [-0.2, 0) is 4.79 Å². The first kappa shape index (κ1) is 13.3. The Bertz CT molecular complexity index is 535. The van der Waals surface area contributed by atoms with Crippen LogP contribution in [0.4, 0.5) is 5.95 Å². The molecule has 92 valence electrons. The summed E-state index contributed by atoms with van der Waals surface area (Å²) in [6, 6.07) is -0.897. The van der Waals surface area contributed by atoms with Crippen LogP contribution in [0.3, 0.4) is 0 Å². The van der Waals surface area contributed by atoms with Crippen molar-refractivity contribution in [1.82, 2.24) is 14.9 Å². The van der Waals surface area contributed by atoms with E-state index in [1.807, 2.05) is 0 Å². The van der Waals surface area contributed by atoms with E-state index in [2.05, 4.69) is 22.1 Å². The second-order valence-corrected chi connectivity index (χ2v) is 3.24. The van der Waals surface area contributed by atoms with Crippen LogP contribution in [-0.4, -0.2) is 26.9 Å². The van der Waals surface area contributed by atoms with E-state index in [1.165, 1.54) is 12.4 Å². The monoisotopic (exact) mass is 246 g/mol. The molecule has 1 amide bonds. The molecule has 18 heavy (non-hydrogen) atoms. The van der Waals surface area contributed by atoms with Gasteiger partial charge in [-0.3, -0.25) is 4.79 Å². The van der Waals surface area contributed by atoms with Gasteiger partial charge in [0.05, 0.1) is 13.0 Å². The molecular formula is C11H10N4O3. The fourth-order valence-corrected chi connectivity index (χ4v) is 1.37. The van der Waals surface area contributed by atoms with Crippen LogP contribution >= 0.6 is 0 Å². The van der Waals surface area contributed by atoms with E-state index in [9.17, 15) is 14.9 Å². The number of hydrogen-bond donors (Lipinski definition) is 1. The number of amides is 1. The van der Waals surface area contributed by atoms with Crippen LogP contribution in [0, 0.1) is 34.8 Å². The van der Waals surface area contributed by atoms with Crippen LogP contribution < -0.4 is 5.32 Å². The average Bonchev–Trinajstić information content (AvgIpc) is 2.81. The molecule has 1 atom stereocenters. The number of nitrogens with one attached hydrogen (secondary N) is 1. The smallest absolute Gasteiger partial charge is 0.390 e. The minimum absolute atomic E-state index is 0.00754. The van der Waals surface area contributed by atoms with Crippen molar-refractivity contribution in [2.75, 3.05) is 6.54 Å². The van der Waals surface area contributed by atoms with Gasteiger partial charge in [0, 0.05) is 0 Å². The first-order valence-corrected chi connectivity index (χ1v) is 4.93. The van der Waals surface area contributed by atoms with Crippen molar-refractivity contribution in [3.05, 3.63) is 22.5 Å². The third kappa shape index (κ3) is 2.86. The molecule has 0 aliphatic rings. The summed E-state index contributed by atoms with van der Waals surface area (Å²) in [6.45, 7) is 0.0302. The van der Waals surface area contributed by atoms with Crippen molar-refractivity contribution in [2.24, 2.45) is 0 Å². The predicted molar refractivity (Wildman–Crippen MR) is 63.2 cm³/mol. The zero-order chi connectivity index (χ0) is 13.5. The van der Waals surface area contributed by atoms with E-state index < -0.39 is 22.8 Å². The molecule has 0 aromatic carbocycles. The van der Waals surface area contributed by atoms with E-state index in [1.54, 1.807) is 0 Å². The summed E-state index contributed by atoms with van der Waals surface area (Å²) in [5.41, 5.74) is 0. The normalized spacial score (nSPS) is 11.0. The molecule has 0 aliphatic heterocycles. The Morgan fingerprint density at radius 3 is 2.89 bits per heavy atom. The van der Waals surface area contributed by atoms with Crippen molar-refractivity contribution in [2.45, 2.75) is 12.5 Å². The fourth-order valence-electron chi connectivity index (χ4n) is 1.37. The van der Waals surface area contributed by atoms with Gasteiger partial charge < -0.3 is 15.4 Å². The minimum atomic E-state index is -0.897. The maximum absolute atomic E-state index is 11.8. The lowest BCUT2D eigenvalue weighted by Gasteiger charge is -2.12. The highest BCUT2D eigenvalue weighted by molar-refractivity contribution is 5.81. The Kier molecular flexibility index (Phi) is 4.47. The fraction of sp³-hybridized carbons (Fsp3) is 0.273. The molecule has 1 aromatic rings. The van der Waals surface area contributed by atoms with Crippen molar-refractivity contribution < 1.29 is 9.72 Å². The highest BCUT2D eigenvalue weighted by Gasteiger charge is 2.28. The van der Waals surface area contributed by atoms with Crippen LogP contribution in [0.5, 0.6) is 0 Å². The SMILES string of the molecule is C#CCNC(=O)C(CC#C)n1ccnc1[N+](=O)[O-]. The highest BCUT2D eigenvalue weighted by atomic mass is 16.6. The molecular weight excluding hydrogens is 236 g/mol. The number of terminal acetylenes is 2. The molecule has 1 rings (SSSR count). The van der Waals surface area contributed by atoms with Gasteiger partial charge >= 0.3 is 5.95 Å². The molecule has 0 saturated heterocycles. The van der Waals surface area contributed by atoms with Gasteiger partial charge in [0.15, 0.2) is 6.04 Å². The van der Waals surface area contributed by atoms with E-state index in [4.69, 9.17) is 12.8 Å². The molecule has 0 bridgehead atoms. The largest absolute Gasteiger partial charge is 0.435 e. The van der Waals surface area contributed by atoms with E-state index >= 15 is 0 Å².